The minimum Gasteiger partial charge on any atom is -0.465 e. The van der Waals surface area contributed by atoms with Gasteiger partial charge in [0.1, 0.15) is 5.41 Å². The lowest BCUT2D eigenvalue weighted by Gasteiger charge is -2.34. The van der Waals surface area contributed by atoms with Crippen LogP contribution in [0.4, 0.5) is 0 Å². The molecule has 4 heteroatoms. The van der Waals surface area contributed by atoms with E-state index in [2.05, 4.69) is 4.98 Å². The standard InChI is InChI=1S/C13H17NO3/c1-2-17-12(15)13(6-9-16-10-7-13)11-5-3-4-8-14-11/h3-5,8H,2,6-7,9-10H2,1H3. The number of ether oxygens (including phenoxy) is 2. The Morgan fingerprint density at radius 3 is 2.82 bits per heavy atom. The molecule has 1 aromatic heterocycles. The zero-order chi connectivity index (χ0) is 12.1. The second kappa shape index (κ2) is 5.27. The van der Waals surface area contributed by atoms with Gasteiger partial charge in [-0.25, -0.2) is 0 Å². The van der Waals surface area contributed by atoms with E-state index in [0.29, 0.717) is 32.7 Å². The van der Waals surface area contributed by atoms with Gasteiger partial charge in [0.05, 0.1) is 12.3 Å². The highest BCUT2D eigenvalue weighted by atomic mass is 16.5. The van der Waals surface area contributed by atoms with Crippen LogP contribution in [-0.4, -0.2) is 30.8 Å². The van der Waals surface area contributed by atoms with E-state index in [-0.39, 0.29) is 5.97 Å². The molecule has 1 saturated heterocycles. The molecule has 0 aliphatic carbocycles. The predicted octanol–water partition coefficient (Wildman–Crippen LogP) is 1.69. The topological polar surface area (TPSA) is 48.4 Å². The number of rotatable bonds is 3. The molecule has 0 aromatic carbocycles. The minimum absolute atomic E-state index is 0.179. The van der Waals surface area contributed by atoms with E-state index >= 15 is 0 Å². The van der Waals surface area contributed by atoms with Crippen molar-refractivity contribution < 1.29 is 14.3 Å². The SMILES string of the molecule is CCOC(=O)C1(c2ccccn2)CCOCC1. The molecule has 0 atom stereocenters. The summed E-state index contributed by atoms with van der Waals surface area (Å²) in [6, 6.07) is 5.64. The number of pyridine rings is 1. The van der Waals surface area contributed by atoms with Crippen molar-refractivity contribution in [3.8, 4) is 0 Å². The summed E-state index contributed by atoms with van der Waals surface area (Å²) in [6.45, 7) is 3.38. The van der Waals surface area contributed by atoms with Crippen LogP contribution < -0.4 is 0 Å². The van der Waals surface area contributed by atoms with Gasteiger partial charge >= 0.3 is 5.97 Å². The molecule has 0 unspecified atom stereocenters. The van der Waals surface area contributed by atoms with Crippen molar-refractivity contribution >= 4 is 5.97 Å². The normalized spacial score (nSPS) is 18.6. The van der Waals surface area contributed by atoms with Crippen molar-refractivity contribution in [2.24, 2.45) is 0 Å². The van der Waals surface area contributed by atoms with Crippen LogP contribution in [-0.2, 0) is 19.7 Å². The van der Waals surface area contributed by atoms with E-state index in [9.17, 15) is 4.79 Å². The van der Waals surface area contributed by atoms with Crippen molar-refractivity contribution in [2.75, 3.05) is 19.8 Å². The summed E-state index contributed by atoms with van der Waals surface area (Å²) in [6.07, 6.45) is 3.00. The Kier molecular flexibility index (Phi) is 3.74. The second-order valence-corrected chi connectivity index (χ2v) is 4.13. The van der Waals surface area contributed by atoms with Crippen LogP contribution in [0, 0.1) is 0 Å². The fourth-order valence-corrected chi connectivity index (χ4v) is 2.20. The van der Waals surface area contributed by atoms with Crippen LogP contribution >= 0.6 is 0 Å². The van der Waals surface area contributed by atoms with Crippen molar-refractivity contribution in [3.63, 3.8) is 0 Å². The van der Waals surface area contributed by atoms with Gasteiger partial charge in [-0.1, -0.05) is 6.07 Å². The van der Waals surface area contributed by atoms with E-state index < -0.39 is 5.41 Å². The van der Waals surface area contributed by atoms with Crippen molar-refractivity contribution in [1.29, 1.82) is 0 Å². The Morgan fingerprint density at radius 2 is 2.24 bits per heavy atom. The average molecular weight is 235 g/mol. The molecule has 92 valence electrons. The summed E-state index contributed by atoms with van der Waals surface area (Å²) >= 11 is 0. The third kappa shape index (κ3) is 2.31. The maximum atomic E-state index is 12.2. The van der Waals surface area contributed by atoms with E-state index in [4.69, 9.17) is 9.47 Å². The number of carbonyl (C=O) groups excluding carboxylic acids is 1. The highest BCUT2D eigenvalue weighted by Gasteiger charge is 2.44. The Balaban J connectivity index is 2.33. The first kappa shape index (κ1) is 12.0. The van der Waals surface area contributed by atoms with Crippen LogP contribution in [0.5, 0.6) is 0 Å². The highest BCUT2D eigenvalue weighted by Crippen LogP contribution is 2.34. The summed E-state index contributed by atoms with van der Waals surface area (Å²) in [4.78, 5) is 16.5. The molecule has 0 radical (unpaired) electrons. The van der Waals surface area contributed by atoms with Gasteiger partial charge in [-0.3, -0.25) is 9.78 Å². The lowest BCUT2D eigenvalue weighted by molar-refractivity contribution is -0.154. The maximum Gasteiger partial charge on any atom is 0.318 e. The van der Waals surface area contributed by atoms with E-state index in [0.717, 1.165) is 5.69 Å². The monoisotopic (exact) mass is 235 g/mol. The van der Waals surface area contributed by atoms with E-state index in [1.54, 1.807) is 6.20 Å². The van der Waals surface area contributed by atoms with Gasteiger partial charge < -0.3 is 9.47 Å². The fraction of sp³-hybridized carbons (Fsp3) is 0.538. The first-order valence-electron chi connectivity index (χ1n) is 5.96. The summed E-state index contributed by atoms with van der Waals surface area (Å²) in [5.41, 5.74) is 0.178. The zero-order valence-corrected chi connectivity index (χ0v) is 10.0. The summed E-state index contributed by atoms with van der Waals surface area (Å²) in [5, 5.41) is 0. The first-order valence-corrected chi connectivity index (χ1v) is 5.96. The van der Waals surface area contributed by atoms with Gasteiger partial charge in [0.2, 0.25) is 0 Å². The molecule has 4 nitrogen and oxygen atoms in total. The number of hydrogen-bond donors (Lipinski definition) is 0. The summed E-state index contributed by atoms with van der Waals surface area (Å²) in [7, 11) is 0. The van der Waals surface area contributed by atoms with Crippen LogP contribution in [0.3, 0.4) is 0 Å². The van der Waals surface area contributed by atoms with Crippen LogP contribution in [0.1, 0.15) is 25.5 Å². The molecule has 1 aliphatic rings. The number of nitrogens with zero attached hydrogens (tertiary/aromatic N) is 1. The molecular formula is C13H17NO3. The molecular weight excluding hydrogens is 218 g/mol. The molecule has 1 aliphatic heterocycles. The zero-order valence-electron chi connectivity index (χ0n) is 10.0. The van der Waals surface area contributed by atoms with Crippen LogP contribution in [0.15, 0.2) is 24.4 Å². The van der Waals surface area contributed by atoms with Gasteiger partial charge in [-0.2, -0.15) is 0 Å². The quantitative estimate of drug-likeness (QED) is 0.748. The van der Waals surface area contributed by atoms with Gasteiger partial charge in [0.25, 0.3) is 0 Å². The molecule has 2 rings (SSSR count). The number of hydrogen-bond acceptors (Lipinski definition) is 4. The molecule has 17 heavy (non-hydrogen) atoms. The summed E-state index contributed by atoms with van der Waals surface area (Å²) in [5.74, 6) is -0.179. The van der Waals surface area contributed by atoms with Crippen LogP contribution in [0.25, 0.3) is 0 Å². The first-order chi connectivity index (χ1) is 8.29. The van der Waals surface area contributed by atoms with Crippen molar-refractivity contribution in [1.82, 2.24) is 4.98 Å². The minimum atomic E-state index is -0.616. The second-order valence-electron chi connectivity index (χ2n) is 4.13. The highest BCUT2D eigenvalue weighted by molar-refractivity contribution is 5.82. The van der Waals surface area contributed by atoms with Crippen molar-refractivity contribution in [3.05, 3.63) is 30.1 Å². The third-order valence-electron chi connectivity index (χ3n) is 3.17. The van der Waals surface area contributed by atoms with Crippen molar-refractivity contribution in [2.45, 2.75) is 25.2 Å². The molecule has 0 spiro atoms. The largest absolute Gasteiger partial charge is 0.465 e. The van der Waals surface area contributed by atoms with E-state index in [1.165, 1.54) is 0 Å². The average Bonchev–Trinajstić information content (AvgIpc) is 2.41. The Morgan fingerprint density at radius 1 is 1.47 bits per heavy atom. The molecule has 2 heterocycles. The molecule has 0 amide bonds. The Bertz CT molecular complexity index is 372. The molecule has 0 saturated carbocycles. The predicted molar refractivity (Wildman–Crippen MR) is 62.6 cm³/mol. The van der Waals surface area contributed by atoms with E-state index in [1.807, 2.05) is 25.1 Å². The van der Waals surface area contributed by atoms with Crippen LogP contribution in [0.2, 0.25) is 0 Å². The maximum absolute atomic E-state index is 12.2. The number of esters is 1. The smallest absolute Gasteiger partial charge is 0.318 e. The van der Waals surface area contributed by atoms with Gasteiger partial charge in [0, 0.05) is 19.4 Å². The number of aromatic nitrogens is 1. The van der Waals surface area contributed by atoms with Gasteiger partial charge in [-0.05, 0) is 31.9 Å². The lowest BCUT2D eigenvalue weighted by atomic mass is 9.77. The number of carbonyl (C=O) groups is 1. The van der Waals surface area contributed by atoms with Gasteiger partial charge in [0.15, 0.2) is 0 Å². The third-order valence-corrected chi connectivity index (χ3v) is 3.17. The Hall–Kier alpha value is -1.42. The Labute approximate surface area is 101 Å². The molecule has 0 N–H and O–H groups in total. The fourth-order valence-electron chi connectivity index (χ4n) is 2.20. The van der Waals surface area contributed by atoms with Gasteiger partial charge in [-0.15, -0.1) is 0 Å². The summed E-state index contributed by atoms with van der Waals surface area (Å²) < 4.78 is 10.5. The molecule has 1 aromatic rings. The lowest BCUT2D eigenvalue weighted by Crippen LogP contribution is -2.43. The molecule has 0 bridgehead atoms. The molecule has 1 fully saturated rings.